The van der Waals surface area contributed by atoms with Gasteiger partial charge in [-0.15, -0.1) is 6.42 Å². The van der Waals surface area contributed by atoms with Crippen LogP contribution < -0.4 is 0 Å². The smallest absolute Gasteiger partial charge is 0.303 e. The molecule has 0 radical (unpaired) electrons. The third-order valence-electron chi connectivity index (χ3n) is 4.22. The zero-order chi connectivity index (χ0) is 18.4. The molecule has 0 bridgehead atoms. The van der Waals surface area contributed by atoms with Crippen LogP contribution >= 0.6 is 23.2 Å². The molecule has 1 saturated heterocycles. The van der Waals surface area contributed by atoms with Crippen molar-refractivity contribution in [2.45, 2.75) is 32.3 Å². The number of fused-ring (bicyclic) bond motifs is 1. The molecule has 25 heavy (non-hydrogen) atoms. The molecule has 0 unspecified atom stereocenters. The van der Waals surface area contributed by atoms with E-state index in [1.54, 1.807) is 6.92 Å². The van der Waals surface area contributed by atoms with Crippen LogP contribution in [0, 0.1) is 17.8 Å². The number of aromatic nitrogens is 4. The summed E-state index contributed by atoms with van der Waals surface area (Å²) in [6.45, 7) is 2.59. The first-order chi connectivity index (χ1) is 11.8. The highest BCUT2D eigenvalue weighted by Crippen LogP contribution is 2.45. The average Bonchev–Trinajstić information content (AvgIpc) is 3.07. The number of aliphatic hydroxyl groups excluding tert-OH is 1. The van der Waals surface area contributed by atoms with Crippen molar-refractivity contribution < 1.29 is 19.4 Å². The topological polar surface area (TPSA) is 99.4 Å². The second-order valence-electron chi connectivity index (χ2n) is 5.76. The van der Waals surface area contributed by atoms with Crippen LogP contribution in [-0.2, 0) is 14.3 Å². The Hall–Kier alpha value is -1.92. The van der Waals surface area contributed by atoms with Gasteiger partial charge < -0.3 is 14.6 Å². The first-order valence-electron chi connectivity index (χ1n) is 7.28. The minimum absolute atomic E-state index is 0.0697. The molecule has 0 spiro atoms. The number of terminal acetylenes is 1. The zero-order valence-corrected chi connectivity index (χ0v) is 14.8. The summed E-state index contributed by atoms with van der Waals surface area (Å²) in [6, 6.07) is 0. The quantitative estimate of drug-likeness (QED) is 0.371. The number of aliphatic hydroxyl groups is 1. The van der Waals surface area contributed by atoms with Crippen LogP contribution in [0.15, 0.2) is 6.33 Å². The van der Waals surface area contributed by atoms with Gasteiger partial charge in [0.25, 0.3) is 0 Å². The first-order valence-corrected chi connectivity index (χ1v) is 8.04. The van der Waals surface area contributed by atoms with Crippen LogP contribution in [0.5, 0.6) is 0 Å². The predicted octanol–water partition coefficient (Wildman–Crippen LogP) is 1.59. The van der Waals surface area contributed by atoms with Crippen molar-refractivity contribution in [3.05, 3.63) is 16.8 Å². The number of carbonyl (C=O) groups excluding carboxylic acids is 1. The lowest BCUT2D eigenvalue weighted by Gasteiger charge is -2.29. The van der Waals surface area contributed by atoms with Crippen LogP contribution in [0.2, 0.25) is 10.4 Å². The van der Waals surface area contributed by atoms with E-state index in [9.17, 15) is 9.90 Å². The molecule has 4 atom stereocenters. The average molecular weight is 385 g/mol. The molecule has 3 rings (SSSR count). The normalized spacial score (nSPS) is 28.9. The van der Waals surface area contributed by atoms with Crippen molar-refractivity contribution in [3.8, 4) is 12.3 Å². The van der Waals surface area contributed by atoms with Crippen molar-refractivity contribution in [3.63, 3.8) is 0 Å². The van der Waals surface area contributed by atoms with E-state index in [0.29, 0.717) is 11.2 Å². The number of ether oxygens (including phenoxy) is 2. The van der Waals surface area contributed by atoms with Gasteiger partial charge in [0.2, 0.25) is 5.28 Å². The fraction of sp³-hybridized carbons (Fsp3) is 0.467. The Morgan fingerprint density at radius 1 is 1.56 bits per heavy atom. The molecular formula is C15H14Cl2N4O4. The number of imidazole rings is 1. The highest BCUT2D eigenvalue weighted by Gasteiger charge is 2.55. The van der Waals surface area contributed by atoms with Gasteiger partial charge in [-0.3, -0.25) is 9.36 Å². The van der Waals surface area contributed by atoms with Crippen molar-refractivity contribution in [2.75, 3.05) is 6.61 Å². The van der Waals surface area contributed by atoms with E-state index in [2.05, 4.69) is 20.9 Å². The Labute approximate surface area is 153 Å². The molecule has 0 aliphatic carbocycles. The van der Waals surface area contributed by atoms with E-state index in [1.807, 2.05) is 0 Å². The highest BCUT2D eigenvalue weighted by molar-refractivity contribution is 6.35. The molecule has 1 N–H and O–H groups in total. The van der Waals surface area contributed by atoms with E-state index in [-0.39, 0.29) is 17.0 Å². The number of carbonyl (C=O) groups is 1. The Morgan fingerprint density at radius 3 is 2.88 bits per heavy atom. The van der Waals surface area contributed by atoms with Gasteiger partial charge in [0, 0.05) is 6.92 Å². The maximum Gasteiger partial charge on any atom is 0.303 e. The van der Waals surface area contributed by atoms with Crippen LogP contribution in [0.1, 0.15) is 20.1 Å². The van der Waals surface area contributed by atoms with Crippen molar-refractivity contribution in [1.82, 2.24) is 19.5 Å². The largest absolute Gasteiger partial charge is 0.456 e. The van der Waals surface area contributed by atoms with Crippen LogP contribution in [-0.4, -0.2) is 49.4 Å². The molecule has 0 saturated carbocycles. The standard InChI is InChI=1S/C15H14Cl2N4O4/c1-4-15(3)8(5-22)25-13(10(15)24-7(2)23)21-6-18-9-11(16)19-14(17)20-12(9)21/h1,6,8,10,13,22H,5H2,2-3H3/t8-,10+,13-,15+/m1/s1. The van der Waals surface area contributed by atoms with Crippen LogP contribution in [0.4, 0.5) is 0 Å². The summed E-state index contributed by atoms with van der Waals surface area (Å²) >= 11 is 11.9. The van der Waals surface area contributed by atoms with Gasteiger partial charge in [-0.1, -0.05) is 17.5 Å². The van der Waals surface area contributed by atoms with Crippen LogP contribution in [0.25, 0.3) is 11.2 Å². The van der Waals surface area contributed by atoms with Gasteiger partial charge in [-0.25, -0.2) is 9.97 Å². The summed E-state index contributed by atoms with van der Waals surface area (Å²) in [5.41, 5.74) is -0.446. The number of halogens is 2. The van der Waals surface area contributed by atoms with Crippen molar-refractivity contribution in [1.29, 1.82) is 0 Å². The molecule has 3 heterocycles. The first kappa shape index (κ1) is 17.9. The predicted molar refractivity (Wildman–Crippen MR) is 88.8 cm³/mol. The molecule has 0 amide bonds. The molecule has 132 valence electrons. The van der Waals surface area contributed by atoms with Crippen molar-refractivity contribution >= 4 is 40.3 Å². The number of hydrogen-bond donors (Lipinski definition) is 1. The minimum Gasteiger partial charge on any atom is -0.456 e. The third-order valence-corrected chi connectivity index (χ3v) is 4.65. The van der Waals surface area contributed by atoms with E-state index in [1.165, 1.54) is 17.8 Å². The lowest BCUT2D eigenvalue weighted by molar-refractivity contribution is -0.154. The molecule has 1 aliphatic heterocycles. The van der Waals surface area contributed by atoms with Gasteiger partial charge in [-0.05, 0) is 18.5 Å². The van der Waals surface area contributed by atoms with Crippen molar-refractivity contribution in [2.24, 2.45) is 5.41 Å². The third kappa shape index (κ3) is 2.83. The number of rotatable bonds is 3. The summed E-state index contributed by atoms with van der Waals surface area (Å²) in [4.78, 5) is 23.7. The SMILES string of the molecule is C#C[C@@]1(C)[C@@H](CO)O[C@@H](n2cnc3c(Cl)nc(Cl)nc32)[C@@H]1OC(C)=O. The fourth-order valence-corrected chi connectivity index (χ4v) is 3.30. The van der Waals surface area contributed by atoms with Gasteiger partial charge in [-0.2, -0.15) is 4.98 Å². The summed E-state index contributed by atoms with van der Waals surface area (Å²) in [5.74, 6) is 2.05. The van der Waals surface area contributed by atoms with E-state index in [0.717, 1.165) is 0 Å². The summed E-state index contributed by atoms with van der Waals surface area (Å²) < 4.78 is 12.8. The minimum atomic E-state index is -1.05. The Bertz CT molecular complexity index is 880. The molecule has 1 aliphatic rings. The lowest BCUT2D eigenvalue weighted by Crippen LogP contribution is -2.40. The van der Waals surface area contributed by atoms with Crippen LogP contribution in [0.3, 0.4) is 0 Å². The number of nitrogens with zero attached hydrogens (tertiary/aromatic N) is 4. The zero-order valence-electron chi connectivity index (χ0n) is 13.3. The summed E-state index contributed by atoms with van der Waals surface area (Å²) in [6.07, 6.45) is 4.57. The number of hydrogen-bond acceptors (Lipinski definition) is 7. The molecule has 1 fully saturated rings. The van der Waals surface area contributed by atoms with E-state index < -0.39 is 29.8 Å². The summed E-state index contributed by atoms with van der Waals surface area (Å²) in [5, 5.41) is 9.66. The molecule has 10 heteroatoms. The molecular weight excluding hydrogens is 371 g/mol. The molecule has 2 aromatic heterocycles. The van der Waals surface area contributed by atoms with Gasteiger partial charge in [0.05, 0.1) is 18.3 Å². The Kier molecular flexibility index (Phi) is 4.60. The molecule has 8 nitrogen and oxygen atoms in total. The second kappa shape index (κ2) is 6.42. The second-order valence-corrected chi connectivity index (χ2v) is 6.46. The molecule has 0 aromatic carbocycles. The van der Waals surface area contributed by atoms with Gasteiger partial charge >= 0.3 is 5.97 Å². The Morgan fingerprint density at radius 2 is 2.28 bits per heavy atom. The van der Waals surface area contributed by atoms with E-state index in [4.69, 9.17) is 39.1 Å². The Balaban J connectivity index is 2.15. The number of esters is 1. The monoisotopic (exact) mass is 384 g/mol. The lowest BCUT2D eigenvalue weighted by atomic mass is 9.81. The van der Waals surface area contributed by atoms with Gasteiger partial charge in [0.1, 0.15) is 11.6 Å². The maximum absolute atomic E-state index is 11.6. The van der Waals surface area contributed by atoms with Gasteiger partial charge in [0.15, 0.2) is 23.1 Å². The summed E-state index contributed by atoms with van der Waals surface area (Å²) in [7, 11) is 0. The maximum atomic E-state index is 11.6. The molecule has 2 aromatic rings. The fourth-order valence-electron chi connectivity index (χ4n) is 2.88. The highest BCUT2D eigenvalue weighted by atomic mass is 35.5. The van der Waals surface area contributed by atoms with E-state index >= 15 is 0 Å².